The van der Waals surface area contributed by atoms with Crippen LogP contribution < -0.4 is 9.47 Å². The number of likely N-dealkylation sites (tertiary alicyclic amines) is 2. The molecule has 37 heavy (non-hydrogen) atoms. The Morgan fingerprint density at radius 3 is 2.35 bits per heavy atom. The van der Waals surface area contributed by atoms with Crippen LogP contribution in [0.25, 0.3) is 11.0 Å². The van der Waals surface area contributed by atoms with E-state index in [1.54, 1.807) is 23.1 Å². The molecule has 196 valence electrons. The van der Waals surface area contributed by atoms with Gasteiger partial charge in [0.25, 0.3) is 11.8 Å². The van der Waals surface area contributed by atoms with Crippen LogP contribution in [0.3, 0.4) is 0 Å². The van der Waals surface area contributed by atoms with Crippen LogP contribution in [0.15, 0.2) is 36.4 Å². The van der Waals surface area contributed by atoms with Crippen molar-refractivity contribution < 1.29 is 36.6 Å². The summed E-state index contributed by atoms with van der Waals surface area (Å²) in [6.45, 7) is 1.68. The second kappa shape index (κ2) is 9.87. The quantitative estimate of drug-likeness (QED) is 0.517. The number of carbonyl (C=O) groups excluding carboxylic acids is 2. The lowest BCUT2D eigenvalue weighted by Crippen LogP contribution is -2.37. The third-order valence-electron chi connectivity index (χ3n) is 6.81. The van der Waals surface area contributed by atoms with E-state index in [0.717, 1.165) is 12.1 Å². The van der Waals surface area contributed by atoms with Crippen LogP contribution in [0, 0.1) is 17.7 Å². The van der Waals surface area contributed by atoms with Crippen molar-refractivity contribution in [2.45, 2.75) is 19.2 Å². The first kappa shape index (κ1) is 24.8. The van der Waals surface area contributed by atoms with Crippen molar-refractivity contribution in [3.8, 4) is 11.5 Å². The summed E-state index contributed by atoms with van der Waals surface area (Å²) < 4.78 is 59.8. The number of fused-ring (bicyclic) bond motifs is 2. The molecule has 13 heteroatoms. The van der Waals surface area contributed by atoms with E-state index in [2.05, 4.69) is 20.1 Å². The number of aromatic amines is 1. The number of hydrogen-bond acceptors (Lipinski definition) is 6. The summed E-state index contributed by atoms with van der Waals surface area (Å²) in [5.74, 6) is -2.03. The summed E-state index contributed by atoms with van der Waals surface area (Å²) in [5, 5.41) is 10.6. The number of hydrogen-bond donors (Lipinski definition) is 1. The van der Waals surface area contributed by atoms with Gasteiger partial charge in [-0.25, -0.2) is 4.39 Å². The number of amides is 2. The molecule has 0 spiro atoms. The topological polar surface area (TPSA) is 101 Å². The van der Waals surface area contributed by atoms with Gasteiger partial charge in [0.2, 0.25) is 0 Å². The molecule has 0 aliphatic carbocycles. The normalized spacial score (nSPS) is 20.0. The minimum absolute atomic E-state index is 0.0621. The molecule has 2 fully saturated rings. The molecule has 1 aromatic heterocycles. The molecule has 2 atom stereocenters. The second-order valence-corrected chi connectivity index (χ2v) is 9.14. The molecule has 3 heterocycles. The standard InChI is InChI=1S/C24H23F4N5O4/c25-18-10-17(37-24(26,27)28)2-4-21(18)36-13-22(34)32-7-5-15-11-33(12-16(15)6-8-32)23(35)14-1-3-19-20(9-14)30-31-29-19/h1-4,9-10,15-16H,5-8,11-13H2,(H,29,30,31)/t15-,16+. The number of carbonyl (C=O) groups is 2. The van der Waals surface area contributed by atoms with E-state index in [1.807, 2.05) is 4.90 Å². The molecular formula is C24H23F4N5O4. The Morgan fingerprint density at radius 1 is 0.973 bits per heavy atom. The molecule has 1 N–H and O–H groups in total. The van der Waals surface area contributed by atoms with Gasteiger partial charge in [-0.15, -0.1) is 13.2 Å². The highest BCUT2D eigenvalue weighted by Gasteiger charge is 2.38. The third-order valence-corrected chi connectivity index (χ3v) is 6.81. The van der Waals surface area contributed by atoms with E-state index in [1.165, 1.54) is 0 Å². The Hall–Kier alpha value is -3.90. The Labute approximate surface area is 208 Å². The zero-order valence-electron chi connectivity index (χ0n) is 19.5. The van der Waals surface area contributed by atoms with Crippen molar-refractivity contribution in [1.29, 1.82) is 0 Å². The number of H-pyrrole nitrogens is 1. The predicted octanol–water partition coefficient (Wildman–Crippen LogP) is 3.39. The molecule has 5 rings (SSSR count). The molecule has 9 nitrogen and oxygen atoms in total. The molecule has 2 aliphatic heterocycles. The lowest BCUT2D eigenvalue weighted by molar-refractivity contribution is -0.274. The fourth-order valence-corrected chi connectivity index (χ4v) is 4.95. The minimum atomic E-state index is -4.94. The van der Waals surface area contributed by atoms with E-state index >= 15 is 0 Å². The number of nitrogens with zero attached hydrogens (tertiary/aromatic N) is 4. The Kier molecular flexibility index (Phi) is 6.61. The van der Waals surface area contributed by atoms with Crippen molar-refractivity contribution >= 4 is 22.8 Å². The van der Waals surface area contributed by atoms with Crippen LogP contribution >= 0.6 is 0 Å². The number of alkyl halides is 3. The molecule has 0 unspecified atom stereocenters. The predicted molar refractivity (Wildman–Crippen MR) is 121 cm³/mol. The van der Waals surface area contributed by atoms with Gasteiger partial charge < -0.3 is 19.3 Å². The van der Waals surface area contributed by atoms with Gasteiger partial charge >= 0.3 is 6.36 Å². The van der Waals surface area contributed by atoms with Crippen LogP contribution in [0.1, 0.15) is 23.2 Å². The monoisotopic (exact) mass is 521 g/mol. The fraction of sp³-hybridized carbons (Fsp3) is 0.417. The molecule has 0 saturated carbocycles. The zero-order valence-corrected chi connectivity index (χ0v) is 19.5. The van der Waals surface area contributed by atoms with Gasteiger partial charge in [0.15, 0.2) is 18.2 Å². The first-order valence-electron chi connectivity index (χ1n) is 11.7. The number of rotatable bonds is 5. The smallest absolute Gasteiger partial charge is 0.481 e. The van der Waals surface area contributed by atoms with Crippen LogP contribution in [0.4, 0.5) is 17.6 Å². The maximum absolute atomic E-state index is 14.1. The Bertz CT molecular complexity index is 1300. The highest BCUT2D eigenvalue weighted by molar-refractivity contribution is 5.97. The van der Waals surface area contributed by atoms with Crippen molar-refractivity contribution in [2.75, 3.05) is 32.8 Å². The van der Waals surface area contributed by atoms with E-state index in [0.29, 0.717) is 61.7 Å². The minimum Gasteiger partial charge on any atom is -0.481 e. The Balaban J connectivity index is 1.13. The first-order valence-corrected chi connectivity index (χ1v) is 11.7. The van der Waals surface area contributed by atoms with Crippen molar-refractivity contribution in [2.24, 2.45) is 11.8 Å². The highest BCUT2D eigenvalue weighted by Crippen LogP contribution is 2.33. The molecule has 0 radical (unpaired) electrons. The number of benzene rings is 2. The Morgan fingerprint density at radius 2 is 1.68 bits per heavy atom. The van der Waals surface area contributed by atoms with Crippen molar-refractivity contribution in [1.82, 2.24) is 25.2 Å². The second-order valence-electron chi connectivity index (χ2n) is 9.14. The maximum atomic E-state index is 14.1. The van der Waals surface area contributed by atoms with Crippen LogP contribution in [-0.4, -0.2) is 76.2 Å². The van der Waals surface area contributed by atoms with Gasteiger partial charge in [-0.1, -0.05) is 0 Å². The lowest BCUT2D eigenvalue weighted by Gasteiger charge is -2.22. The average Bonchev–Trinajstić information content (AvgIpc) is 3.44. The van der Waals surface area contributed by atoms with Crippen molar-refractivity contribution in [3.63, 3.8) is 0 Å². The summed E-state index contributed by atoms with van der Waals surface area (Å²) in [5.41, 5.74) is 1.87. The van der Waals surface area contributed by atoms with E-state index in [-0.39, 0.29) is 29.4 Å². The summed E-state index contributed by atoms with van der Waals surface area (Å²) in [6.07, 6.45) is -3.52. The maximum Gasteiger partial charge on any atom is 0.573 e. The first-order chi connectivity index (χ1) is 17.7. The zero-order chi connectivity index (χ0) is 26.2. The van der Waals surface area contributed by atoms with Gasteiger partial charge in [-0.05, 0) is 55.0 Å². The van der Waals surface area contributed by atoms with Crippen molar-refractivity contribution in [3.05, 3.63) is 47.8 Å². The summed E-state index contributed by atoms with van der Waals surface area (Å²) in [6, 6.07) is 7.67. The largest absolute Gasteiger partial charge is 0.573 e. The van der Waals surface area contributed by atoms with Gasteiger partial charge in [-0.3, -0.25) is 9.59 Å². The van der Waals surface area contributed by atoms with E-state index in [9.17, 15) is 27.2 Å². The summed E-state index contributed by atoms with van der Waals surface area (Å²) >= 11 is 0. The lowest BCUT2D eigenvalue weighted by atomic mass is 9.92. The fourth-order valence-electron chi connectivity index (χ4n) is 4.95. The molecule has 3 aromatic rings. The average molecular weight is 521 g/mol. The number of aromatic nitrogens is 3. The van der Waals surface area contributed by atoms with Crippen LogP contribution in [0.2, 0.25) is 0 Å². The number of halogens is 4. The van der Waals surface area contributed by atoms with Gasteiger partial charge in [0.05, 0.1) is 0 Å². The molecule has 0 bridgehead atoms. The molecule has 2 aromatic carbocycles. The summed E-state index contributed by atoms with van der Waals surface area (Å²) in [7, 11) is 0. The molecular weight excluding hydrogens is 498 g/mol. The highest BCUT2D eigenvalue weighted by atomic mass is 19.4. The summed E-state index contributed by atoms with van der Waals surface area (Å²) in [4.78, 5) is 29.2. The SMILES string of the molecule is O=C(COc1ccc(OC(F)(F)F)cc1F)N1CC[C@@H]2CN(C(=O)c3ccc4n[nH]nc4c3)C[C@@H]2CC1. The van der Waals surface area contributed by atoms with Gasteiger partial charge in [-0.2, -0.15) is 15.4 Å². The molecule has 2 saturated heterocycles. The third kappa shape index (κ3) is 5.59. The molecule has 2 amide bonds. The molecule has 2 aliphatic rings. The number of ether oxygens (including phenoxy) is 2. The van der Waals surface area contributed by atoms with Crippen LogP contribution in [-0.2, 0) is 4.79 Å². The van der Waals surface area contributed by atoms with Gasteiger partial charge in [0.1, 0.15) is 16.8 Å². The van der Waals surface area contributed by atoms with Crippen LogP contribution in [0.5, 0.6) is 11.5 Å². The number of nitrogens with one attached hydrogen (secondary N) is 1. The van der Waals surface area contributed by atoms with E-state index in [4.69, 9.17) is 4.74 Å². The van der Waals surface area contributed by atoms with E-state index < -0.39 is 24.5 Å². The van der Waals surface area contributed by atoms with Gasteiger partial charge in [0, 0.05) is 37.8 Å².